The summed E-state index contributed by atoms with van der Waals surface area (Å²) >= 11 is 0. The van der Waals surface area contributed by atoms with Gasteiger partial charge in [-0.1, -0.05) is 12.8 Å². The van der Waals surface area contributed by atoms with E-state index in [1.807, 2.05) is 0 Å². The van der Waals surface area contributed by atoms with Gasteiger partial charge in [0.2, 0.25) is 0 Å². The van der Waals surface area contributed by atoms with Gasteiger partial charge >= 0.3 is 5.97 Å². The van der Waals surface area contributed by atoms with E-state index < -0.39 is 22.9 Å². The molecule has 20 heavy (non-hydrogen) atoms. The minimum atomic E-state index is -1.37. The first kappa shape index (κ1) is 13.0. The number of esters is 1. The van der Waals surface area contributed by atoms with Crippen LogP contribution in [0.4, 0.5) is 0 Å². The van der Waals surface area contributed by atoms with E-state index >= 15 is 0 Å². The Labute approximate surface area is 117 Å². The summed E-state index contributed by atoms with van der Waals surface area (Å²) in [6.45, 7) is 0. The van der Waals surface area contributed by atoms with Gasteiger partial charge in [-0.05, 0) is 25.7 Å². The minimum Gasteiger partial charge on any atom is -0.459 e. The first-order valence-electron chi connectivity index (χ1n) is 7.77. The molecule has 0 aromatic heterocycles. The Morgan fingerprint density at radius 3 is 2.65 bits per heavy atom. The lowest BCUT2D eigenvalue weighted by Gasteiger charge is -2.64. The summed E-state index contributed by atoms with van der Waals surface area (Å²) in [5.41, 5.74) is -3.68. The summed E-state index contributed by atoms with van der Waals surface area (Å²) in [4.78, 5) is 11.8. The van der Waals surface area contributed by atoms with Gasteiger partial charge in [0.1, 0.15) is 17.3 Å². The van der Waals surface area contributed by atoms with Crippen molar-refractivity contribution >= 4 is 5.97 Å². The van der Waals surface area contributed by atoms with Crippen LogP contribution < -0.4 is 0 Å². The number of hydrogen-bond donors (Lipinski definition) is 3. The molecule has 4 fully saturated rings. The Morgan fingerprint density at radius 2 is 1.85 bits per heavy atom. The smallest absolute Gasteiger partial charge is 0.306 e. The van der Waals surface area contributed by atoms with Gasteiger partial charge in [-0.15, -0.1) is 0 Å². The highest BCUT2D eigenvalue weighted by molar-refractivity contribution is 5.71. The largest absolute Gasteiger partial charge is 0.459 e. The summed E-state index contributed by atoms with van der Waals surface area (Å²) in [7, 11) is 0. The van der Waals surface area contributed by atoms with Gasteiger partial charge in [0.05, 0.1) is 12.0 Å². The maximum absolute atomic E-state index is 11.8. The molecule has 112 valence electrons. The summed E-state index contributed by atoms with van der Waals surface area (Å²) < 4.78 is 5.36. The van der Waals surface area contributed by atoms with Crippen LogP contribution in [0, 0.1) is 11.8 Å². The van der Waals surface area contributed by atoms with E-state index in [2.05, 4.69) is 0 Å². The average Bonchev–Trinajstić information content (AvgIpc) is 2.75. The molecule has 0 spiro atoms. The van der Waals surface area contributed by atoms with E-state index in [9.17, 15) is 20.1 Å². The second-order valence-electron chi connectivity index (χ2n) is 7.27. The lowest BCUT2D eigenvalue weighted by atomic mass is 9.50. The highest BCUT2D eigenvalue weighted by Gasteiger charge is 2.73. The predicted molar refractivity (Wildman–Crippen MR) is 68.6 cm³/mol. The molecular formula is C15H22O5. The molecule has 3 N–H and O–H groups in total. The molecule has 5 nitrogen and oxygen atoms in total. The third-order valence-corrected chi connectivity index (χ3v) is 6.47. The lowest BCUT2D eigenvalue weighted by Crippen LogP contribution is -2.78. The van der Waals surface area contributed by atoms with E-state index in [0.717, 1.165) is 25.7 Å². The van der Waals surface area contributed by atoms with Crippen molar-refractivity contribution in [3.05, 3.63) is 0 Å². The van der Waals surface area contributed by atoms with Crippen LogP contribution in [0.5, 0.6) is 0 Å². The standard InChI is InChI=1S/C15H22O5/c16-12-7-9-3-1-6-14(18)10-4-2-5-13(10,17)8-11(20-12)15(9,14)19/h9-11,17-19H,1-8H2. The van der Waals surface area contributed by atoms with Gasteiger partial charge in [0.15, 0.2) is 0 Å². The lowest BCUT2D eigenvalue weighted by molar-refractivity contribution is -0.329. The normalized spacial score (nSPS) is 57.8. The van der Waals surface area contributed by atoms with Crippen molar-refractivity contribution in [1.29, 1.82) is 0 Å². The van der Waals surface area contributed by atoms with Gasteiger partial charge in [0, 0.05) is 18.3 Å². The molecule has 4 aliphatic rings. The third-order valence-electron chi connectivity index (χ3n) is 6.47. The van der Waals surface area contributed by atoms with Crippen molar-refractivity contribution in [2.24, 2.45) is 11.8 Å². The van der Waals surface area contributed by atoms with E-state index in [0.29, 0.717) is 12.8 Å². The Kier molecular flexibility index (Phi) is 2.45. The van der Waals surface area contributed by atoms with E-state index in [1.165, 1.54) is 0 Å². The molecule has 0 aromatic rings. The fourth-order valence-electron chi connectivity index (χ4n) is 5.64. The molecule has 5 heteroatoms. The van der Waals surface area contributed by atoms with Gasteiger partial charge in [-0.25, -0.2) is 0 Å². The monoisotopic (exact) mass is 282 g/mol. The maximum atomic E-state index is 11.8. The first-order chi connectivity index (χ1) is 9.40. The van der Waals surface area contributed by atoms with Crippen molar-refractivity contribution in [3.63, 3.8) is 0 Å². The molecule has 0 bridgehead atoms. The van der Waals surface area contributed by atoms with Crippen LogP contribution in [0.25, 0.3) is 0 Å². The fraction of sp³-hybridized carbons (Fsp3) is 0.933. The Balaban J connectivity index is 1.85. The second kappa shape index (κ2) is 3.76. The van der Waals surface area contributed by atoms with Crippen molar-refractivity contribution in [2.75, 3.05) is 0 Å². The van der Waals surface area contributed by atoms with Crippen LogP contribution >= 0.6 is 0 Å². The fourth-order valence-corrected chi connectivity index (χ4v) is 5.64. The number of hydrogen-bond acceptors (Lipinski definition) is 5. The number of aliphatic hydroxyl groups is 3. The van der Waals surface area contributed by atoms with Crippen LogP contribution in [-0.4, -0.2) is 44.2 Å². The number of rotatable bonds is 0. The molecule has 3 aliphatic carbocycles. The molecule has 1 saturated heterocycles. The summed E-state index contributed by atoms with van der Waals surface area (Å²) in [6.07, 6.45) is 3.91. The molecule has 0 aromatic carbocycles. The first-order valence-corrected chi connectivity index (χ1v) is 7.77. The van der Waals surface area contributed by atoms with Crippen LogP contribution in [0.2, 0.25) is 0 Å². The molecule has 6 unspecified atom stereocenters. The minimum absolute atomic E-state index is 0.181. The SMILES string of the molecule is O=C1CC2CCCC3(O)C4CCCC4(O)CC(O1)C23O. The van der Waals surface area contributed by atoms with Crippen LogP contribution in [0.3, 0.4) is 0 Å². The predicted octanol–water partition coefficient (Wildman–Crippen LogP) is 0.499. The summed E-state index contributed by atoms with van der Waals surface area (Å²) in [5.74, 6) is -0.845. The Morgan fingerprint density at radius 1 is 1.10 bits per heavy atom. The van der Waals surface area contributed by atoms with E-state index in [-0.39, 0.29) is 30.6 Å². The van der Waals surface area contributed by atoms with Crippen molar-refractivity contribution in [3.8, 4) is 0 Å². The highest BCUT2D eigenvalue weighted by atomic mass is 16.6. The van der Waals surface area contributed by atoms with Gasteiger partial charge in [-0.3, -0.25) is 4.79 Å². The highest BCUT2D eigenvalue weighted by Crippen LogP contribution is 2.62. The number of ether oxygens (including phenoxy) is 1. The number of carbonyl (C=O) groups is 1. The van der Waals surface area contributed by atoms with Gasteiger partial charge < -0.3 is 20.1 Å². The third kappa shape index (κ3) is 1.32. The molecule has 0 radical (unpaired) electrons. The number of fused-ring (bicyclic) bond motifs is 2. The zero-order valence-electron chi connectivity index (χ0n) is 11.5. The number of carbonyl (C=O) groups excluding carboxylic acids is 1. The van der Waals surface area contributed by atoms with Crippen LogP contribution in [0.15, 0.2) is 0 Å². The zero-order chi connectivity index (χ0) is 14.2. The van der Waals surface area contributed by atoms with Crippen molar-refractivity contribution in [2.45, 2.75) is 74.3 Å². The average molecular weight is 282 g/mol. The Hall–Kier alpha value is -0.650. The molecule has 0 amide bonds. The van der Waals surface area contributed by atoms with Gasteiger partial charge in [0.25, 0.3) is 0 Å². The molecular weight excluding hydrogens is 260 g/mol. The van der Waals surface area contributed by atoms with Crippen LogP contribution in [-0.2, 0) is 9.53 Å². The quantitative estimate of drug-likeness (QED) is 0.563. The molecule has 3 saturated carbocycles. The maximum Gasteiger partial charge on any atom is 0.306 e. The summed E-state index contributed by atoms with van der Waals surface area (Å²) in [5, 5.41) is 33.4. The molecule has 6 atom stereocenters. The van der Waals surface area contributed by atoms with Crippen molar-refractivity contribution < 1.29 is 24.9 Å². The second-order valence-corrected chi connectivity index (χ2v) is 7.27. The van der Waals surface area contributed by atoms with E-state index in [4.69, 9.17) is 4.74 Å². The van der Waals surface area contributed by atoms with Gasteiger partial charge in [-0.2, -0.15) is 0 Å². The summed E-state index contributed by atoms with van der Waals surface area (Å²) in [6, 6.07) is 0. The topological polar surface area (TPSA) is 87.0 Å². The zero-order valence-corrected chi connectivity index (χ0v) is 11.5. The van der Waals surface area contributed by atoms with E-state index in [1.54, 1.807) is 0 Å². The molecule has 4 rings (SSSR count). The van der Waals surface area contributed by atoms with Crippen LogP contribution in [0.1, 0.15) is 51.4 Å². The molecule has 1 heterocycles. The van der Waals surface area contributed by atoms with Crippen molar-refractivity contribution in [1.82, 2.24) is 0 Å². The Bertz CT molecular complexity index is 465. The molecule has 1 aliphatic heterocycles.